The standard InChI is InChI=1S/C42H36N2/c1-29-3-17-37(18-4-29)43(41-25-15-33-7-9-35(33)27-41)39-21-11-31(12-22-39)32-13-23-40(24-14-32)44(38-19-5-30(2)6-20-38)42-26-16-34-8-10-36(34)28-42/h3-6,11-28H,7-10H2,1-2H3. The Morgan fingerprint density at radius 2 is 0.614 bits per heavy atom. The quantitative estimate of drug-likeness (QED) is 0.189. The van der Waals surface area contributed by atoms with Crippen LogP contribution >= 0.6 is 0 Å². The van der Waals surface area contributed by atoms with E-state index in [2.05, 4.69) is 157 Å². The third-order valence-corrected chi connectivity index (χ3v) is 9.39. The Kier molecular flexibility index (Phi) is 6.56. The van der Waals surface area contributed by atoms with Crippen molar-refractivity contribution < 1.29 is 0 Å². The van der Waals surface area contributed by atoms with Gasteiger partial charge < -0.3 is 9.80 Å². The zero-order chi connectivity index (χ0) is 29.6. The molecule has 0 amide bonds. The molecule has 0 fully saturated rings. The second-order valence-electron chi connectivity index (χ2n) is 12.3. The molecule has 0 aromatic heterocycles. The van der Waals surface area contributed by atoms with E-state index in [4.69, 9.17) is 0 Å². The SMILES string of the molecule is Cc1ccc(N(c2ccc(-c3ccc(N(c4ccc(C)cc4)c4ccc5c(c4)CC5)cc3)cc2)c2ccc3c(c2)CC3)cc1. The predicted molar refractivity (Wildman–Crippen MR) is 186 cm³/mol. The molecule has 0 aliphatic heterocycles. The highest BCUT2D eigenvalue weighted by Crippen LogP contribution is 2.40. The zero-order valence-electron chi connectivity index (χ0n) is 25.4. The lowest BCUT2D eigenvalue weighted by molar-refractivity contribution is 0.839. The predicted octanol–water partition coefficient (Wildman–Crippen LogP) is 11.1. The van der Waals surface area contributed by atoms with Gasteiger partial charge in [0, 0.05) is 34.1 Å². The molecule has 0 atom stereocenters. The van der Waals surface area contributed by atoms with Gasteiger partial charge >= 0.3 is 0 Å². The van der Waals surface area contributed by atoms with E-state index in [1.807, 2.05) is 0 Å². The highest BCUT2D eigenvalue weighted by atomic mass is 15.1. The van der Waals surface area contributed by atoms with Crippen molar-refractivity contribution in [3.05, 3.63) is 167 Å². The van der Waals surface area contributed by atoms with Gasteiger partial charge in [0.2, 0.25) is 0 Å². The minimum absolute atomic E-state index is 1.17. The summed E-state index contributed by atoms with van der Waals surface area (Å²) in [6, 6.07) is 49.5. The Morgan fingerprint density at radius 1 is 0.318 bits per heavy atom. The fraction of sp³-hybridized carbons (Fsp3) is 0.143. The minimum Gasteiger partial charge on any atom is -0.310 e. The van der Waals surface area contributed by atoms with Crippen LogP contribution in [0.2, 0.25) is 0 Å². The van der Waals surface area contributed by atoms with Gasteiger partial charge in [0.25, 0.3) is 0 Å². The number of fused-ring (bicyclic) bond motifs is 2. The number of hydrogen-bond acceptors (Lipinski definition) is 2. The zero-order valence-corrected chi connectivity index (χ0v) is 25.4. The van der Waals surface area contributed by atoms with E-state index in [1.54, 1.807) is 0 Å². The van der Waals surface area contributed by atoms with Gasteiger partial charge in [-0.2, -0.15) is 0 Å². The van der Waals surface area contributed by atoms with E-state index < -0.39 is 0 Å². The van der Waals surface area contributed by atoms with Gasteiger partial charge in [-0.3, -0.25) is 0 Å². The Morgan fingerprint density at radius 3 is 0.909 bits per heavy atom. The molecule has 0 saturated carbocycles. The van der Waals surface area contributed by atoms with Gasteiger partial charge in [-0.15, -0.1) is 0 Å². The van der Waals surface area contributed by atoms with Crippen LogP contribution < -0.4 is 9.80 Å². The summed E-state index contributed by atoms with van der Waals surface area (Å²) in [6.07, 6.45) is 4.74. The lowest BCUT2D eigenvalue weighted by Gasteiger charge is -2.29. The average Bonchev–Trinajstić information content (AvgIpc) is 3.02. The van der Waals surface area contributed by atoms with Gasteiger partial charge in [0.15, 0.2) is 0 Å². The third kappa shape index (κ3) is 4.87. The highest BCUT2D eigenvalue weighted by Gasteiger charge is 2.20. The molecule has 0 bridgehead atoms. The molecular formula is C42H36N2. The molecule has 0 radical (unpaired) electrons. The number of anilines is 6. The smallest absolute Gasteiger partial charge is 0.0464 e. The lowest BCUT2D eigenvalue weighted by atomic mass is 9.88. The van der Waals surface area contributed by atoms with Crippen LogP contribution in [0, 0.1) is 13.8 Å². The molecule has 0 spiro atoms. The van der Waals surface area contributed by atoms with Crippen molar-refractivity contribution in [3.63, 3.8) is 0 Å². The average molecular weight is 569 g/mol. The number of rotatable bonds is 7. The molecule has 0 unspecified atom stereocenters. The number of hydrogen-bond donors (Lipinski definition) is 0. The molecule has 2 heteroatoms. The van der Waals surface area contributed by atoms with Crippen LogP contribution in [0.5, 0.6) is 0 Å². The maximum absolute atomic E-state index is 2.37. The van der Waals surface area contributed by atoms with Crippen molar-refractivity contribution in [1.29, 1.82) is 0 Å². The van der Waals surface area contributed by atoms with Crippen molar-refractivity contribution in [1.82, 2.24) is 0 Å². The van der Waals surface area contributed by atoms with E-state index in [0.717, 1.165) is 0 Å². The number of nitrogens with zero attached hydrogens (tertiary/aromatic N) is 2. The van der Waals surface area contributed by atoms with Crippen molar-refractivity contribution in [2.75, 3.05) is 9.80 Å². The fourth-order valence-electron chi connectivity index (χ4n) is 6.53. The van der Waals surface area contributed by atoms with Crippen LogP contribution in [0.15, 0.2) is 133 Å². The van der Waals surface area contributed by atoms with Crippen LogP contribution in [0.4, 0.5) is 34.1 Å². The van der Waals surface area contributed by atoms with Crippen molar-refractivity contribution >= 4 is 34.1 Å². The molecule has 2 nitrogen and oxygen atoms in total. The monoisotopic (exact) mass is 568 g/mol. The van der Waals surface area contributed by atoms with Gasteiger partial charge in [-0.05, 0) is 146 Å². The van der Waals surface area contributed by atoms with Crippen LogP contribution in [-0.2, 0) is 25.7 Å². The van der Waals surface area contributed by atoms with E-state index in [-0.39, 0.29) is 0 Å². The second kappa shape index (κ2) is 10.9. The molecule has 0 N–H and O–H groups in total. The summed E-state index contributed by atoms with van der Waals surface area (Å²) in [4.78, 5) is 4.75. The van der Waals surface area contributed by atoms with E-state index >= 15 is 0 Å². The molecule has 6 aromatic rings. The third-order valence-electron chi connectivity index (χ3n) is 9.39. The normalized spacial score (nSPS) is 12.9. The highest BCUT2D eigenvalue weighted by molar-refractivity contribution is 5.81. The molecule has 8 rings (SSSR count). The van der Waals surface area contributed by atoms with Crippen molar-refractivity contribution in [3.8, 4) is 11.1 Å². The number of aryl methyl sites for hydroxylation is 6. The summed E-state index contributed by atoms with van der Waals surface area (Å²) in [5.41, 5.74) is 18.0. The molecule has 6 aromatic carbocycles. The Hall–Kier alpha value is -5.08. The van der Waals surface area contributed by atoms with Crippen molar-refractivity contribution in [2.24, 2.45) is 0 Å². The number of benzene rings is 6. The van der Waals surface area contributed by atoms with Crippen molar-refractivity contribution in [2.45, 2.75) is 39.5 Å². The minimum atomic E-state index is 1.17. The van der Waals surface area contributed by atoms with Crippen LogP contribution in [0.3, 0.4) is 0 Å². The molecule has 2 aliphatic carbocycles. The lowest BCUT2D eigenvalue weighted by Crippen LogP contribution is -2.14. The molecule has 0 saturated heterocycles. The molecular weight excluding hydrogens is 532 g/mol. The fourth-order valence-corrected chi connectivity index (χ4v) is 6.53. The summed E-state index contributed by atoms with van der Waals surface area (Å²) < 4.78 is 0. The van der Waals surface area contributed by atoms with Crippen LogP contribution in [0.1, 0.15) is 33.4 Å². The first kappa shape index (κ1) is 26.5. The topological polar surface area (TPSA) is 6.48 Å². The maximum Gasteiger partial charge on any atom is 0.0464 e. The summed E-state index contributed by atoms with van der Waals surface area (Å²) in [7, 11) is 0. The molecule has 2 aliphatic rings. The summed E-state index contributed by atoms with van der Waals surface area (Å²) in [6.45, 7) is 4.29. The van der Waals surface area contributed by atoms with Gasteiger partial charge in [0.05, 0.1) is 0 Å². The summed E-state index contributed by atoms with van der Waals surface area (Å²) >= 11 is 0. The molecule has 0 heterocycles. The van der Waals surface area contributed by atoms with E-state index in [9.17, 15) is 0 Å². The molecule has 214 valence electrons. The van der Waals surface area contributed by atoms with Gasteiger partial charge in [0.1, 0.15) is 0 Å². The maximum atomic E-state index is 2.37. The first-order valence-corrected chi connectivity index (χ1v) is 15.8. The Balaban J connectivity index is 1.11. The van der Waals surface area contributed by atoms with E-state index in [0.29, 0.717) is 0 Å². The summed E-state index contributed by atoms with van der Waals surface area (Å²) in [5, 5.41) is 0. The van der Waals surface area contributed by atoms with Crippen LogP contribution in [0.25, 0.3) is 11.1 Å². The Bertz CT molecular complexity index is 1800. The van der Waals surface area contributed by atoms with Gasteiger partial charge in [-0.1, -0.05) is 71.8 Å². The summed E-state index contributed by atoms with van der Waals surface area (Å²) in [5.74, 6) is 0. The van der Waals surface area contributed by atoms with Gasteiger partial charge in [-0.25, -0.2) is 0 Å². The largest absolute Gasteiger partial charge is 0.310 e. The first-order valence-electron chi connectivity index (χ1n) is 15.8. The first-order chi connectivity index (χ1) is 21.6. The van der Waals surface area contributed by atoms with E-state index in [1.165, 1.54) is 104 Å². The second-order valence-corrected chi connectivity index (χ2v) is 12.3. The van der Waals surface area contributed by atoms with Crippen LogP contribution in [-0.4, -0.2) is 0 Å². The Labute approximate surface area is 260 Å². The molecule has 44 heavy (non-hydrogen) atoms.